The third-order valence-corrected chi connectivity index (χ3v) is 1.25. The number of para-hydroxylation sites is 1. The minimum atomic E-state index is -3.97. The van der Waals surface area contributed by atoms with Gasteiger partial charge < -0.3 is 4.74 Å². The van der Waals surface area contributed by atoms with Crippen LogP contribution in [0.3, 0.4) is 0 Å². The number of hydrogen-bond acceptors (Lipinski definition) is 1. The fourth-order valence-electron chi connectivity index (χ4n) is 0.716. The zero-order chi connectivity index (χ0) is 9.90. The zero-order valence-corrected chi connectivity index (χ0v) is 6.44. The summed E-state index contributed by atoms with van der Waals surface area (Å²) in [5.41, 5.74) is 0. The van der Waals surface area contributed by atoms with Crippen molar-refractivity contribution in [2.75, 3.05) is 6.67 Å². The summed E-state index contributed by atoms with van der Waals surface area (Å²) in [6.07, 6.45) is -3.97. The Balaban J connectivity index is 2.80. The predicted molar refractivity (Wildman–Crippen MR) is 38.0 cm³/mol. The van der Waals surface area contributed by atoms with E-state index in [1.165, 1.54) is 12.1 Å². The molecule has 0 aliphatic heterocycles. The number of rotatable bonds is 3. The molecule has 0 atom stereocenters. The van der Waals surface area contributed by atoms with Gasteiger partial charge in [-0.25, -0.2) is 8.78 Å². The summed E-state index contributed by atoms with van der Waals surface area (Å²) in [5, 5.41) is 0. The van der Waals surface area contributed by atoms with Crippen LogP contribution in [0.1, 0.15) is 0 Å². The number of benzene rings is 1. The maximum atomic E-state index is 12.7. The van der Waals surface area contributed by atoms with Gasteiger partial charge in [0.05, 0.1) is 0 Å². The number of alkyl halides is 3. The summed E-state index contributed by atoms with van der Waals surface area (Å²) < 4.78 is 52.6. The van der Waals surface area contributed by atoms with Crippen molar-refractivity contribution >= 4 is 0 Å². The van der Waals surface area contributed by atoms with Gasteiger partial charge in [-0.1, -0.05) is 12.1 Å². The van der Waals surface area contributed by atoms with Crippen LogP contribution >= 0.6 is 0 Å². The average Bonchev–Trinajstić information content (AvgIpc) is 2.09. The lowest BCUT2D eigenvalue weighted by molar-refractivity contribution is -0.187. The fraction of sp³-hybridized carbons (Fsp3) is 0.250. The highest BCUT2D eigenvalue weighted by atomic mass is 19.3. The molecule has 0 saturated carbocycles. The first kappa shape index (κ1) is 9.83. The summed E-state index contributed by atoms with van der Waals surface area (Å²) in [7, 11) is 0. The summed E-state index contributed by atoms with van der Waals surface area (Å²) in [4.78, 5) is 0. The van der Waals surface area contributed by atoms with E-state index in [9.17, 15) is 17.6 Å². The van der Waals surface area contributed by atoms with Gasteiger partial charge in [-0.05, 0) is 12.1 Å². The molecule has 0 amide bonds. The molecule has 0 fully saturated rings. The SMILES string of the molecule is FCC(F)(F)Oc1ccccc1F. The fourth-order valence-corrected chi connectivity index (χ4v) is 0.716. The molecule has 0 bridgehead atoms. The Morgan fingerprint density at radius 1 is 1.23 bits per heavy atom. The maximum absolute atomic E-state index is 12.7. The molecule has 13 heavy (non-hydrogen) atoms. The van der Waals surface area contributed by atoms with E-state index in [0.29, 0.717) is 0 Å². The first-order valence-corrected chi connectivity index (χ1v) is 3.42. The van der Waals surface area contributed by atoms with Gasteiger partial charge in [0.1, 0.15) is 0 Å². The molecule has 0 spiro atoms. The zero-order valence-electron chi connectivity index (χ0n) is 6.44. The smallest absolute Gasteiger partial charge is 0.427 e. The third-order valence-electron chi connectivity index (χ3n) is 1.25. The van der Waals surface area contributed by atoms with Gasteiger partial charge in [0.2, 0.25) is 0 Å². The van der Waals surface area contributed by atoms with Crippen molar-refractivity contribution in [3.8, 4) is 5.75 Å². The van der Waals surface area contributed by atoms with Crippen LogP contribution in [0.25, 0.3) is 0 Å². The maximum Gasteiger partial charge on any atom is 0.427 e. The van der Waals surface area contributed by atoms with Crippen molar-refractivity contribution in [1.29, 1.82) is 0 Å². The summed E-state index contributed by atoms with van der Waals surface area (Å²) in [6, 6.07) is 4.57. The molecule has 0 N–H and O–H groups in total. The van der Waals surface area contributed by atoms with Crippen molar-refractivity contribution in [2.45, 2.75) is 6.11 Å². The molecule has 0 aliphatic rings. The van der Waals surface area contributed by atoms with Crippen LogP contribution in [0, 0.1) is 5.82 Å². The molecule has 5 heteroatoms. The summed E-state index contributed by atoms with van der Waals surface area (Å²) >= 11 is 0. The quantitative estimate of drug-likeness (QED) is 0.672. The van der Waals surface area contributed by atoms with Crippen LogP contribution in [-0.4, -0.2) is 12.8 Å². The molecular formula is C8H6F4O. The summed E-state index contributed by atoms with van der Waals surface area (Å²) in [5.74, 6) is -1.61. The number of halogens is 4. The van der Waals surface area contributed by atoms with Gasteiger partial charge in [0, 0.05) is 0 Å². The van der Waals surface area contributed by atoms with Gasteiger partial charge in [-0.15, -0.1) is 0 Å². The lowest BCUT2D eigenvalue weighted by Crippen LogP contribution is -2.27. The van der Waals surface area contributed by atoms with Gasteiger partial charge in [0.25, 0.3) is 0 Å². The van der Waals surface area contributed by atoms with Crippen LogP contribution in [0.4, 0.5) is 17.6 Å². The molecule has 0 radical (unpaired) electrons. The Labute approximate surface area is 71.9 Å². The molecule has 0 unspecified atom stereocenters. The van der Waals surface area contributed by atoms with Crippen molar-refractivity contribution in [1.82, 2.24) is 0 Å². The Bertz CT molecular complexity index is 287. The largest absolute Gasteiger partial charge is 0.427 e. The van der Waals surface area contributed by atoms with Crippen molar-refractivity contribution in [3.05, 3.63) is 30.1 Å². The van der Waals surface area contributed by atoms with E-state index >= 15 is 0 Å². The van der Waals surface area contributed by atoms with E-state index in [-0.39, 0.29) is 0 Å². The first-order valence-electron chi connectivity index (χ1n) is 3.42. The minimum absolute atomic E-state index is 0.662. The molecule has 1 aromatic carbocycles. The molecule has 1 rings (SSSR count). The topological polar surface area (TPSA) is 9.23 Å². The molecule has 1 aromatic rings. The Hall–Kier alpha value is -1.26. The minimum Gasteiger partial charge on any atom is -0.427 e. The Morgan fingerprint density at radius 2 is 1.85 bits per heavy atom. The lowest BCUT2D eigenvalue weighted by atomic mass is 10.3. The predicted octanol–water partition coefficient (Wildman–Crippen LogP) is 2.77. The van der Waals surface area contributed by atoms with E-state index in [1.807, 2.05) is 0 Å². The van der Waals surface area contributed by atoms with E-state index < -0.39 is 24.3 Å². The molecule has 1 nitrogen and oxygen atoms in total. The molecule has 0 aromatic heterocycles. The normalized spacial score (nSPS) is 11.4. The molecule has 0 saturated heterocycles. The van der Waals surface area contributed by atoms with Crippen molar-refractivity contribution in [3.63, 3.8) is 0 Å². The van der Waals surface area contributed by atoms with Crippen LogP contribution in [0.2, 0.25) is 0 Å². The highest BCUT2D eigenvalue weighted by molar-refractivity contribution is 5.23. The van der Waals surface area contributed by atoms with Crippen LogP contribution in [-0.2, 0) is 0 Å². The van der Waals surface area contributed by atoms with Crippen molar-refractivity contribution in [2.24, 2.45) is 0 Å². The van der Waals surface area contributed by atoms with Gasteiger partial charge in [0.15, 0.2) is 18.2 Å². The number of ether oxygens (including phenoxy) is 1. The Morgan fingerprint density at radius 3 is 2.38 bits per heavy atom. The third kappa shape index (κ3) is 2.61. The average molecular weight is 194 g/mol. The van der Waals surface area contributed by atoms with E-state index in [2.05, 4.69) is 4.74 Å². The van der Waals surface area contributed by atoms with Crippen LogP contribution in [0.15, 0.2) is 24.3 Å². The first-order chi connectivity index (χ1) is 6.05. The van der Waals surface area contributed by atoms with E-state index in [1.54, 1.807) is 0 Å². The van der Waals surface area contributed by atoms with Gasteiger partial charge >= 0.3 is 6.11 Å². The number of hydrogen-bond donors (Lipinski definition) is 0. The lowest BCUT2D eigenvalue weighted by Gasteiger charge is -2.14. The standard InChI is InChI=1S/C8H6F4O/c9-5-8(11,12)13-7-4-2-1-3-6(7)10/h1-4H,5H2. The highest BCUT2D eigenvalue weighted by Gasteiger charge is 2.32. The second-order valence-electron chi connectivity index (χ2n) is 2.30. The second kappa shape index (κ2) is 3.64. The summed E-state index contributed by atoms with van der Waals surface area (Å²) in [6.45, 7) is -1.98. The van der Waals surface area contributed by atoms with Crippen molar-refractivity contribution < 1.29 is 22.3 Å². The van der Waals surface area contributed by atoms with Crippen LogP contribution in [0.5, 0.6) is 5.75 Å². The Kier molecular flexibility index (Phi) is 2.75. The molecule has 0 aliphatic carbocycles. The highest BCUT2D eigenvalue weighted by Crippen LogP contribution is 2.24. The van der Waals surface area contributed by atoms with Crippen LogP contribution < -0.4 is 4.74 Å². The van der Waals surface area contributed by atoms with Gasteiger partial charge in [-0.3, -0.25) is 0 Å². The molecule has 0 heterocycles. The van der Waals surface area contributed by atoms with E-state index in [4.69, 9.17) is 0 Å². The second-order valence-corrected chi connectivity index (χ2v) is 2.30. The molecule has 72 valence electrons. The van der Waals surface area contributed by atoms with Gasteiger partial charge in [-0.2, -0.15) is 8.78 Å². The monoisotopic (exact) mass is 194 g/mol. The van der Waals surface area contributed by atoms with E-state index in [0.717, 1.165) is 12.1 Å². The molecular weight excluding hydrogens is 188 g/mol.